The molecule has 1 aromatic rings. The smallest absolute Gasteiger partial charge is 0.270 e. The second-order valence-electron chi connectivity index (χ2n) is 5.47. The maximum absolute atomic E-state index is 10.7. The minimum absolute atomic E-state index is 0.0397. The van der Waals surface area contributed by atoms with Crippen LogP contribution in [0.4, 0.5) is 5.69 Å². The molecule has 0 radical (unpaired) electrons. The molecule has 1 aromatic carbocycles. The van der Waals surface area contributed by atoms with Crippen molar-refractivity contribution < 1.29 is 4.92 Å². The third kappa shape index (κ3) is 7.55. The van der Waals surface area contributed by atoms with Gasteiger partial charge in [0.2, 0.25) is 0 Å². The molecule has 22 heavy (non-hydrogen) atoms. The SMILES string of the molecule is CCCCCCCCCCN=Cc1cc([N+](=O)[O-])ccc1Cl. The Labute approximate surface area is 137 Å². The number of nitro benzene ring substituents is 1. The summed E-state index contributed by atoms with van der Waals surface area (Å²) in [5.41, 5.74) is 0.647. The molecular weight excluding hydrogens is 300 g/mol. The molecule has 1 rings (SSSR count). The van der Waals surface area contributed by atoms with Gasteiger partial charge in [0.1, 0.15) is 0 Å². The van der Waals surface area contributed by atoms with E-state index in [4.69, 9.17) is 11.6 Å². The minimum Gasteiger partial charge on any atom is -0.293 e. The normalized spacial score (nSPS) is 11.2. The monoisotopic (exact) mass is 324 g/mol. The number of non-ortho nitro benzene ring substituents is 1. The third-order valence-corrected chi connectivity index (χ3v) is 3.91. The van der Waals surface area contributed by atoms with Crippen molar-refractivity contribution in [3.8, 4) is 0 Å². The summed E-state index contributed by atoms with van der Waals surface area (Å²) in [5, 5.41) is 11.2. The van der Waals surface area contributed by atoms with Gasteiger partial charge in [-0.25, -0.2) is 0 Å². The van der Waals surface area contributed by atoms with Gasteiger partial charge in [0.05, 0.1) is 4.92 Å². The fraction of sp³-hybridized carbons (Fsp3) is 0.588. The van der Waals surface area contributed by atoms with Crippen molar-refractivity contribution in [2.75, 3.05) is 6.54 Å². The summed E-state index contributed by atoms with van der Waals surface area (Å²) in [4.78, 5) is 14.6. The highest BCUT2D eigenvalue weighted by molar-refractivity contribution is 6.33. The first-order valence-corrected chi connectivity index (χ1v) is 8.46. The highest BCUT2D eigenvalue weighted by Gasteiger charge is 2.07. The van der Waals surface area contributed by atoms with Crippen LogP contribution in [0.1, 0.15) is 63.9 Å². The van der Waals surface area contributed by atoms with Crippen LogP contribution in [0, 0.1) is 10.1 Å². The summed E-state index contributed by atoms with van der Waals surface area (Å²) in [6, 6.07) is 4.40. The number of nitrogens with zero attached hydrogens (tertiary/aromatic N) is 2. The number of halogens is 1. The Morgan fingerprint density at radius 2 is 1.77 bits per heavy atom. The zero-order valence-corrected chi connectivity index (χ0v) is 14.0. The standard InChI is InChI=1S/C17H25ClN2O2/c1-2-3-4-5-6-7-8-9-12-19-14-15-13-16(20(21)22)10-11-17(15)18/h10-11,13-14H,2-9,12H2,1H3. The summed E-state index contributed by atoms with van der Waals surface area (Å²) in [7, 11) is 0. The lowest BCUT2D eigenvalue weighted by molar-refractivity contribution is -0.384. The molecule has 0 heterocycles. The van der Waals surface area contributed by atoms with Gasteiger partial charge in [-0.2, -0.15) is 0 Å². The molecule has 0 bridgehead atoms. The lowest BCUT2D eigenvalue weighted by Crippen LogP contribution is -1.92. The average Bonchev–Trinajstić information content (AvgIpc) is 2.50. The summed E-state index contributed by atoms with van der Waals surface area (Å²) >= 11 is 6.01. The van der Waals surface area contributed by atoms with Crippen LogP contribution >= 0.6 is 11.6 Å². The van der Waals surface area contributed by atoms with Crippen molar-refractivity contribution >= 4 is 23.5 Å². The summed E-state index contributed by atoms with van der Waals surface area (Å²) in [6.45, 7) is 2.97. The topological polar surface area (TPSA) is 55.5 Å². The third-order valence-electron chi connectivity index (χ3n) is 3.56. The molecule has 5 heteroatoms. The zero-order valence-electron chi connectivity index (χ0n) is 13.3. The van der Waals surface area contributed by atoms with E-state index in [0.717, 1.165) is 13.0 Å². The second-order valence-corrected chi connectivity index (χ2v) is 5.88. The van der Waals surface area contributed by atoms with Gasteiger partial charge in [-0.15, -0.1) is 0 Å². The Hall–Kier alpha value is -1.42. The van der Waals surface area contributed by atoms with E-state index in [0.29, 0.717) is 10.6 Å². The van der Waals surface area contributed by atoms with Crippen LogP contribution in [0.2, 0.25) is 5.02 Å². The lowest BCUT2D eigenvalue weighted by Gasteiger charge is -2.00. The fourth-order valence-electron chi connectivity index (χ4n) is 2.24. The second kappa shape index (κ2) is 11.2. The molecule has 0 unspecified atom stereocenters. The van der Waals surface area contributed by atoms with E-state index >= 15 is 0 Å². The molecule has 0 atom stereocenters. The van der Waals surface area contributed by atoms with Crippen molar-refractivity contribution in [2.24, 2.45) is 4.99 Å². The largest absolute Gasteiger partial charge is 0.293 e. The Morgan fingerprint density at radius 3 is 2.41 bits per heavy atom. The van der Waals surface area contributed by atoms with Gasteiger partial charge in [-0.05, 0) is 12.5 Å². The molecule has 0 fully saturated rings. The summed E-state index contributed by atoms with van der Waals surface area (Å²) in [6.07, 6.45) is 11.8. The average molecular weight is 325 g/mol. The molecule has 0 N–H and O–H groups in total. The molecule has 0 amide bonds. The fourth-order valence-corrected chi connectivity index (χ4v) is 2.41. The molecule has 0 saturated carbocycles. The molecule has 0 aliphatic heterocycles. The maximum Gasteiger partial charge on any atom is 0.270 e. The van der Waals surface area contributed by atoms with Gasteiger partial charge >= 0.3 is 0 Å². The van der Waals surface area contributed by atoms with Crippen LogP contribution in [-0.4, -0.2) is 17.7 Å². The predicted octanol–water partition coefficient (Wildman–Crippen LogP) is 5.81. The number of aliphatic imine (C=N–C) groups is 1. The van der Waals surface area contributed by atoms with Gasteiger partial charge in [0.15, 0.2) is 0 Å². The van der Waals surface area contributed by atoms with E-state index in [1.165, 1.54) is 63.1 Å². The van der Waals surface area contributed by atoms with Gasteiger partial charge in [-0.1, -0.05) is 63.5 Å². The van der Waals surface area contributed by atoms with Crippen LogP contribution in [0.25, 0.3) is 0 Å². The zero-order chi connectivity index (χ0) is 16.2. The highest BCUT2D eigenvalue weighted by Crippen LogP contribution is 2.20. The van der Waals surface area contributed by atoms with Gasteiger partial charge in [-0.3, -0.25) is 15.1 Å². The first kappa shape index (κ1) is 18.6. The quantitative estimate of drug-likeness (QED) is 0.223. The van der Waals surface area contributed by atoms with Crippen molar-refractivity contribution in [3.05, 3.63) is 38.9 Å². The Kier molecular flexibility index (Phi) is 9.47. The minimum atomic E-state index is -0.424. The van der Waals surface area contributed by atoms with Gasteiger partial charge < -0.3 is 0 Å². The predicted molar refractivity (Wildman–Crippen MR) is 93.2 cm³/mol. The van der Waals surface area contributed by atoms with E-state index in [1.807, 2.05) is 0 Å². The molecule has 4 nitrogen and oxygen atoms in total. The van der Waals surface area contributed by atoms with Crippen molar-refractivity contribution in [3.63, 3.8) is 0 Å². The molecule has 0 saturated heterocycles. The van der Waals surface area contributed by atoms with E-state index in [-0.39, 0.29) is 5.69 Å². The molecule has 122 valence electrons. The Morgan fingerprint density at radius 1 is 1.14 bits per heavy atom. The van der Waals surface area contributed by atoms with Crippen molar-refractivity contribution in [1.29, 1.82) is 0 Å². The number of hydrogen-bond donors (Lipinski definition) is 0. The molecule has 0 aliphatic carbocycles. The maximum atomic E-state index is 10.7. The van der Waals surface area contributed by atoms with Crippen LogP contribution < -0.4 is 0 Å². The molecule has 0 aromatic heterocycles. The van der Waals surface area contributed by atoms with Crippen LogP contribution in [0.3, 0.4) is 0 Å². The van der Waals surface area contributed by atoms with Crippen molar-refractivity contribution in [1.82, 2.24) is 0 Å². The van der Waals surface area contributed by atoms with Crippen LogP contribution in [0.5, 0.6) is 0 Å². The first-order valence-electron chi connectivity index (χ1n) is 8.09. The van der Waals surface area contributed by atoms with E-state index < -0.39 is 4.92 Å². The van der Waals surface area contributed by atoms with E-state index in [1.54, 1.807) is 6.21 Å². The van der Waals surface area contributed by atoms with E-state index in [9.17, 15) is 10.1 Å². The Balaban J connectivity index is 2.23. The summed E-state index contributed by atoms with van der Waals surface area (Å²) in [5.74, 6) is 0. The number of rotatable bonds is 11. The molecule has 0 aliphatic rings. The molecular formula is C17H25ClN2O2. The van der Waals surface area contributed by atoms with Crippen molar-refractivity contribution in [2.45, 2.75) is 58.3 Å². The number of nitro groups is 1. The van der Waals surface area contributed by atoms with E-state index in [2.05, 4.69) is 11.9 Å². The van der Waals surface area contributed by atoms with Gasteiger partial charge in [0.25, 0.3) is 5.69 Å². The number of benzene rings is 1. The number of unbranched alkanes of at least 4 members (excludes halogenated alkanes) is 7. The van der Waals surface area contributed by atoms with Crippen LogP contribution in [-0.2, 0) is 0 Å². The number of hydrogen-bond acceptors (Lipinski definition) is 3. The van der Waals surface area contributed by atoms with Crippen LogP contribution in [0.15, 0.2) is 23.2 Å². The lowest BCUT2D eigenvalue weighted by atomic mass is 10.1. The summed E-state index contributed by atoms with van der Waals surface area (Å²) < 4.78 is 0. The first-order chi connectivity index (χ1) is 10.6. The van der Waals surface area contributed by atoms with Gasteiger partial charge in [0, 0.05) is 35.5 Å². The highest BCUT2D eigenvalue weighted by atomic mass is 35.5. The molecule has 0 spiro atoms. The Bertz CT molecular complexity index is 490.